The number of rotatable bonds is 6. The summed E-state index contributed by atoms with van der Waals surface area (Å²) in [6.07, 6.45) is 7.62. The first-order valence-corrected chi connectivity index (χ1v) is 11.4. The number of pyridine rings is 1. The van der Waals surface area contributed by atoms with Crippen LogP contribution in [-0.2, 0) is 0 Å². The number of aryl methyl sites for hydroxylation is 1. The van der Waals surface area contributed by atoms with E-state index >= 15 is 0 Å². The fraction of sp³-hybridized carbons (Fsp3) is 0.185. The van der Waals surface area contributed by atoms with Crippen molar-refractivity contribution in [3.8, 4) is 11.3 Å². The number of hydrogen-bond acceptors (Lipinski definition) is 6. The summed E-state index contributed by atoms with van der Waals surface area (Å²) < 4.78 is 0. The van der Waals surface area contributed by atoms with Crippen molar-refractivity contribution in [3.63, 3.8) is 0 Å². The number of nitrogens with zero attached hydrogens (tertiary/aromatic N) is 4. The van der Waals surface area contributed by atoms with Crippen molar-refractivity contribution in [2.45, 2.75) is 19.8 Å². The average Bonchev–Trinajstić information content (AvgIpc) is 3.41. The van der Waals surface area contributed by atoms with Gasteiger partial charge in [0.25, 0.3) is 5.91 Å². The molecule has 1 saturated heterocycles. The van der Waals surface area contributed by atoms with Crippen LogP contribution in [0, 0.1) is 6.92 Å². The van der Waals surface area contributed by atoms with E-state index in [2.05, 4.69) is 36.6 Å². The minimum atomic E-state index is -0.161. The molecule has 1 amide bonds. The molecule has 0 unspecified atom stereocenters. The van der Waals surface area contributed by atoms with Crippen LogP contribution in [0.2, 0.25) is 0 Å². The molecule has 5 rings (SSSR count). The van der Waals surface area contributed by atoms with Crippen molar-refractivity contribution >= 4 is 28.9 Å². The second-order valence-electron chi connectivity index (χ2n) is 8.36. The molecule has 0 aliphatic carbocycles. The van der Waals surface area contributed by atoms with Gasteiger partial charge in [-0.1, -0.05) is 12.1 Å². The first-order chi connectivity index (χ1) is 16.7. The number of anilines is 4. The predicted molar refractivity (Wildman–Crippen MR) is 136 cm³/mol. The van der Waals surface area contributed by atoms with Gasteiger partial charge < -0.3 is 15.5 Å². The smallest absolute Gasteiger partial charge is 0.255 e. The first kappa shape index (κ1) is 21.6. The van der Waals surface area contributed by atoms with E-state index in [4.69, 9.17) is 0 Å². The van der Waals surface area contributed by atoms with E-state index in [0.717, 1.165) is 47.0 Å². The van der Waals surface area contributed by atoms with Crippen molar-refractivity contribution < 1.29 is 4.79 Å². The molecule has 2 aromatic carbocycles. The summed E-state index contributed by atoms with van der Waals surface area (Å²) in [5, 5.41) is 6.29. The van der Waals surface area contributed by atoms with Crippen LogP contribution in [0.1, 0.15) is 28.8 Å². The highest BCUT2D eigenvalue weighted by molar-refractivity contribution is 6.05. The molecule has 7 heteroatoms. The predicted octanol–water partition coefficient (Wildman–Crippen LogP) is 5.44. The Morgan fingerprint density at radius 3 is 2.68 bits per heavy atom. The zero-order valence-electron chi connectivity index (χ0n) is 19.0. The maximum atomic E-state index is 13.0. The lowest BCUT2D eigenvalue weighted by atomic mass is 10.1. The highest BCUT2D eigenvalue weighted by atomic mass is 16.1. The molecule has 0 radical (unpaired) electrons. The van der Waals surface area contributed by atoms with Gasteiger partial charge >= 0.3 is 0 Å². The SMILES string of the molecule is Cc1ccc(C(=O)Nc2cccc(N3CCCC3)c2)cc1Nc1nccc(-c2cccnc2)n1. The van der Waals surface area contributed by atoms with Crippen molar-refractivity contribution in [1.29, 1.82) is 0 Å². The Hall–Kier alpha value is -4.26. The van der Waals surface area contributed by atoms with E-state index in [1.807, 2.05) is 61.5 Å². The van der Waals surface area contributed by atoms with Crippen molar-refractivity contribution in [2.75, 3.05) is 28.6 Å². The first-order valence-electron chi connectivity index (χ1n) is 11.4. The van der Waals surface area contributed by atoms with Crippen LogP contribution in [0.3, 0.4) is 0 Å². The molecule has 4 aromatic rings. The van der Waals surface area contributed by atoms with Gasteiger partial charge in [-0.25, -0.2) is 9.97 Å². The van der Waals surface area contributed by atoms with E-state index in [1.165, 1.54) is 12.8 Å². The summed E-state index contributed by atoms with van der Waals surface area (Å²) in [6.45, 7) is 4.11. The van der Waals surface area contributed by atoms with Crippen LogP contribution in [0.15, 0.2) is 79.3 Å². The van der Waals surface area contributed by atoms with Crippen LogP contribution in [0.25, 0.3) is 11.3 Å². The molecule has 2 N–H and O–H groups in total. The Morgan fingerprint density at radius 2 is 1.85 bits per heavy atom. The lowest BCUT2D eigenvalue weighted by Crippen LogP contribution is -2.18. The van der Waals surface area contributed by atoms with E-state index < -0.39 is 0 Å². The van der Waals surface area contributed by atoms with Gasteiger partial charge in [0.05, 0.1) is 5.69 Å². The van der Waals surface area contributed by atoms with Gasteiger partial charge in [-0.15, -0.1) is 0 Å². The molecule has 2 aromatic heterocycles. The normalized spacial score (nSPS) is 13.0. The summed E-state index contributed by atoms with van der Waals surface area (Å²) in [5.41, 5.74) is 5.95. The Bertz CT molecular complexity index is 1300. The minimum Gasteiger partial charge on any atom is -0.371 e. The van der Waals surface area contributed by atoms with Gasteiger partial charge in [0.1, 0.15) is 0 Å². The Balaban J connectivity index is 1.33. The third kappa shape index (κ3) is 4.88. The Kier molecular flexibility index (Phi) is 6.16. The van der Waals surface area contributed by atoms with Crippen LogP contribution >= 0.6 is 0 Å². The molecule has 0 saturated carbocycles. The van der Waals surface area contributed by atoms with E-state index in [9.17, 15) is 4.79 Å². The van der Waals surface area contributed by atoms with Gasteiger partial charge in [0.15, 0.2) is 0 Å². The number of carbonyl (C=O) groups is 1. The molecule has 0 bridgehead atoms. The maximum Gasteiger partial charge on any atom is 0.255 e. The molecule has 34 heavy (non-hydrogen) atoms. The summed E-state index contributed by atoms with van der Waals surface area (Å²) in [5.74, 6) is 0.298. The molecule has 170 valence electrons. The van der Waals surface area contributed by atoms with Gasteiger partial charge in [-0.3, -0.25) is 9.78 Å². The second-order valence-corrected chi connectivity index (χ2v) is 8.36. The van der Waals surface area contributed by atoms with Crippen LogP contribution in [-0.4, -0.2) is 33.9 Å². The lowest BCUT2D eigenvalue weighted by molar-refractivity contribution is 0.102. The molecular weight excluding hydrogens is 424 g/mol. The Morgan fingerprint density at radius 1 is 0.971 bits per heavy atom. The molecule has 1 aliphatic rings. The molecule has 7 nitrogen and oxygen atoms in total. The summed E-state index contributed by atoms with van der Waals surface area (Å²) in [6, 6.07) is 19.3. The van der Waals surface area contributed by atoms with Gasteiger partial charge in [0.2, 0.25) is 5.95 Å². The maximum absolute atomic E-state index is 13.0. The number of amides is 1. The monoisotopic (exact) mass is 450 g/mol. The van der Waals surface area contributed by atoms with Gasteiger partial charge in [0, 0.05) is 59.9 Å². The summed E-state index contributed by atoms with van der Waals surface area (Å²) in [4.78, 5) is 28.5. The fourth-order valence-corrected chi connectivity index (χ4v) is 4.07. The fourth-order valence-electron chi connectivity index (χ4n) is 4.07. The van der Waals surface area contributed by atoms with E-state index in [0.29, 0.717) is 11.5 Å². The third-order valence-electron chi connectivity index (χ3n) is 5.93. The van der Waals surface area contributed by atoms with Crippen LogP contribution in [0.4, 0.5) is 23.0 Å². The van der Waals surface area contributed by atoms with Gasteiger partial charge in [-0.05, 0) is 73.9 Å². The average molecular weight is 451 g/mol. The molecule has 0 spiro atoms. The minimum absolute atomic E-state index is 0.161. The standard InChI is InChI=1S/C27H26N6O/c1-19-9-10-20(26(34)30-22-7-4-8-23(17-22)33-14-2-3-15-33)16-25(19)32-27-29-13-11-24(31-27)21-6-5-12-28-18-21/h4-13,16-18H,2-3,14-15H2,1H3,(H,30,34)(H,29,31,32). The summed E-state index contributed by atoms with van der Waals surface area (Å²) in [7, 11) is 0. The second kappa shape index (κ2) is 9.70. The largest absolute Gasteiger partial charge is 0.371 e. The van der Waals surface area contributed by atoms with Gasteiger partial charge in [-0.2, -0.15) is 0 Å². The number of aromatic nitrogens is 3. The van der Waals surface area contributed by atoms with Crippen molar-refractivity contribution in [3.05, 3.63) is 90.4 Å². The Labute approximate surface area is 198 Å². The molecule has 1 fully saturated rings. The number of hydrogen-bond donors (Lipinski definition) is 2. The topological polar surface area (TPSA) is 83.0 Å². The molecule has 1 aliphatic heterocycles. The quantitative estimate of drug-likeness (QED) is 0.407. The van der Waals surface area contributed by atoms with E-state index in [-0.39, 0.29) is 5.91 Å². The third-order valence-corrected chi connectivity index (χ3v) is 5.93. The molecule has 3 heterocycles. The lowest BCUT2D eigenvalue weighted by Gasteiger charge is -2.18. The highest BCUT2D eigenvalue weighted by Gasteiger charge is 2.14. The number of nitrogens with one attached hydrogen (secondary N) is 2. The zero-order chi connectivity index (χ0) is 23.3. The summed E-state index contributed by atoms with van der Waals surface area (Å²) >= 11 is 0. The molecule has 0 atom stereocenters. The van der Waals surface area contributed by atoms with Crippen molar-refractivity contribution in [2.24, 2.45) is 0 Å². The van der Waals surface area contributed by atoms with Crippen LogP contribution < -0.4 is 15.5 Å². The van der Waals surface area contributed by atoms with Crippen molar-refractivity contribution in [1.82, 2.24) is 15.0 Å². The highest BCUT2D eigenvalue weighted by Crippen LogP contribution is 2.25. The molecular formula is C27H26N6O. The number of benzene rings is 2. The van der Waals surface area contributed by atoms with Crippen LogP contribution in [0.5, 0.6) is 0 Å². The van der Waals surface area contributed by atoms with E-state index in [1.54, 1.807) is 18.6 Å². The zero-order valence-corrected chi connectivity index (χ0v) is 19.0. The number of carbonyl (C=O) groups excluding carboxylic acids is 1.